The standard InChI is InChI=1S/C20H15N3O3S2/c1-11-9-12(21-20(27)23-18(25)15-6-4-8-26-15)10-13(17(11)24)19-22-14-5-2-3-7-16(14)28-19/h2-10,24H,1H3,(H2,21,23,25,27). The lowest BCUT2D eigenvalue weighted by Crippen LogP contribution is -2.33. The van der Waals surface area contributed by atoms with Gasteiger partial charge in [-0.05, 0) is 61.1 Å². The molecule has 28 heavy (non-hydrogen) atoms. The average molecular weight is 409 g/mol. The molecule has 8 heteroatoms. The molecule has 0 aliphatic rings. The lowest BCUT2D eigenvalue weighted by Gasteiger charge is -2.12. The summed E-state index contributed by atoms with van der Waals surface area (Å²) in [6.07, 6.45) is 1.42. The lowest BCUT2D eigenvalue weighted by molar-refractivity contribution is 0.0950. The van der Waals surface area contributed by atoms with Gasteiger partial charge in [0.2, 0.25) is 0 Å². The maximum absolute atomic E-state index is 12.0. The van der Waals surface area contributed by atoms with Crippen LogP contribution in [-0.4, -0.2) is 21.1 Å². The largest absolute Gasteiger partial charge is 0.507 e. The minimum atomic E-state index is -0.440. The number of rotatable bonds is 3. The highest BCUT2D eigenvalue weighted by atomic mass is 32.1. The second kappa shape index (κ2) is 7.41. The highest BCUT2D eigenvalue weighted by Crippen LogP contribution is 2.38. The maximum Gasteiger partial charge on any atom is 0.293 e. The highest BCUT2D eigenvalue weighted by molar-refractivity contribution is 7.80. The first-order chi connectivity index (χ1) is 13.5. The average Bonchev–Trinajstić information content (AvgIpc) is 3.33. The van der Waals surface area contributed by atoms with Crippen LogP contribution in [0, 0.1) is 6.92 Å². The first-order valence-corrected chi connectivity index (χ1v) is 9.59. The van der Waals surface area contributed by atoms with E-state index in [2.05, 4.69) is 15.6 Å². The summed E-state index contributed by atoms with van der Waals surface area (Å²) in [5, 5.41) is 16.9. The molecule has 0 aliphatic carbocycles. The molecule has 1 amide bonds. The van der Waals surface area contributed by atoms with Crippen LogP contribution in [0.3, 0.4) is 0 Å². The molecule has 0 fully saturated rings. The number of thiazole rings is 1. The van der Waals surface area contributed by atoms with Crippen molar-refractivity contribution in [3.05, 3.63) is 66.1 Å². The third-order valence-electron chi connectivity index (χ3n) is 4.05. The number of aromatic hydroxyl groups is 1. The molecule has 0 aliphatic heterocycles. The van der Waals surface area contributed by atoms with Gasteiger partial charge in [0.05, 0.1) is 22.0 Å². The van der Waals surface area contributed by atoms with Crippen LogP contribution in [0.2, 0.25) is 0 Å². The number of hydrogen-bond donors (Lipinski definition) is 3. The van der Waals surface area contributed by atoms with Crippen molar-refractivity contribution in [2.24, 2.45) is 0 Å². The summed E-state index contributed by atoms with van der Waals surface area (Å²) in [6, 6.07) is 14.5. The number of fused-ring (bicyclic) bond motifs is 1. The van der Waals surface area contributed by atoms with E-state index < -0.39 is 5.91 Å². The third kappa shape index (κ3) is 3.60. The number of nitrogens with zero attached hydrogens (tertiary/aromatic N) is 1. The van der Waals surface area contributed by atoms with Gasteiger partial charge in [0.25, 0.3) is 5.91 Å². The summed E-state index contributed by atoms with van der Waals surface area (Å²) in [5.74, 6) is -0.110. The number of aryl methyl sites for hydroxylation is 1. The van der Waals surface area contributed by atoms with Crippen molar-refractivity contribution in [2.75, 3.05) is 5.32 Å². The number of furan rings is 1. The molecule has 4 rings (SSSR count). The zero-order valence-corrected chi connectivity index (χ0v) is 16.4. The summed E-state index contributed by atoms with van der Waals surface area (Å²) in [6.45, 7) is 1.79. The lowest BCUT2D eigenvalue weighted by atomic mass is 10.1. The minimum absolute atomic E-state index is 0.127. The van der Waals surface area contributed by atoms with Crippen LogP contribution >= 0.6 is 23.6 Å². The topological polar surface area (TPSA) is 87.4 Å². The fourth-order valence-corrected chi connectivity index (χ4v) is 3.93. The fraction of sp³-hybridized carbons (Fsp3) is 0.0500. The van der Waals surface area contributed by atoms with Crippen LogP contribution in [0.4, 0.5) is 5.69 Å². The molecule has 2 aromatic carbocycles. The number of phenols is 1. The number of nitrogens with one attached hydrogen (secondary N) is 2. The molecule has 2 aromatic heterocycles. The van der Waals surface area contributed by atoms with Crippen LogP contribution in [-0.2, 0) is 0 Å². The van der Waals surface area contributed by atoms with Crippen molar-refractivity contribution >= 4 is 50.5 Å². The van der Waals surface area contributed by atoms with Crippen LogP contribution in [0.1, 0.15) is 16.1 Å². The Morgan fingerprint density at radius 2 is 2.04 bits per heavy atom. The SMILES string of the molecule is Cc1cc(NC(=S)NC(=O)c2ccco2)cc(-c2nc3ccccc3s2)c1O. The Morgan fingerprint density at radius 1 is 1.21 bits per heavy atom. The zero-order valence-electron chi connectivity index (χ0n) is 14.7. The fourth-order valence-electron chi connectivity index (χ4n) is 2.74. The molecular formula is C20H15N3O3S2. The molecular weight excluding hydrogens is 394 g/mol. The predicted octanol–water partition coefficient (Wildman–Crippen LogP) is 4.70. The molecule has 6 nitrogen and oxygen atoms in total. The minimum Gasteiger partial charge on any atom is -0.507 e. The van der Waals surface area contributed by atoms with Gasteiger partial charge in [-0.3, -0.25) is 10.1 Å². The number of phenolic OH excluding ortho intramolecular Hbond substituents is 1. The molecule has 0 atom stereocenters. The third-order valence-corrected chi connectivity index (χ3v) is 5.33. The smallest absolute Gasteiger partial charge is 0.293 e. The Balaban J connectivity index is 1.60. The molecule has 0 saturated heterocycles. The second-order valence-corrected chi connectivity index (χ2v) is 7.50. The van der Waals surface area contributed by atoms with Crippen molar-refractivity contribution in [3.63, 3.8) is 0 Å². The van der Waals surface area contributed by atoms with E-state index in [-0.39, 0.29) is 16.6 Å². The van der Waals surface area contributed by atoms with E-state index in [0.717, 1.165) is 10.2 Å². The van der Waals surface area contributed by atoms with E-state index >= 15 is 0 Å². The van der Waals surface area contributed by atoms with Gasteiger partial charge in [-0.2, -0.15) is 0 Å². The number of para-hydroxylation sites is 1. The van der Waals surface area contributed by atoms with E-state index in [1.54, 1.807) is 31.2 Å². The van der Waals surface area contributed by atoms with Crippen molar-refractivity contribution < 1.29 is 14.3 Å². The predicted molar refractivity (Wildman–Crippen MR) is 114 cm³/mol. The molecule has 2 heterocycles. The number of aromatic nitrogens is 1. The Labute approximate surface area is 169 Å². The Bertz CT molecular complexity index is 1150. The number of anilines is 1. The van der Waals surface area contributed by atoms with Gasteiger partial charge >= 0.3 is 0 Å². The summed E-state index contributed by atoms with van der Waals surface area (Å²) < 4.78 is 6.08. The van der Waals surface area contributed by atoms with Crippen molar-refractivity contribution in [1.29, 1.82) is 0 Å². The monoisotopic (exact) mass is 409 g/mol. The quantitative estimate of drug-likeness (QED) is 0.336. The van der Waals surface area contributed by atoms with Crippen LogP contribution in [0.15, 0.2) is 59.2 Å². The molecule has 140 valence electrons. The Kier molecular flexibility index (Phi) is 4.81. The van der Waals surface area contributed by atoms with E-state index in [9.17, 15) is 9.90 Å². The molecule has 3 N–H and O–H groups in total. The van der Waals surface area contributed by atoms with Crippen LogP contribution in [0.25, 0.3) is 20.8 Å². The summed E-state index contributed by atoms with van der Waals surface area (Å²) >= 11 is 6.71. The van der Waals surface area contributed by atoms with Crippen molar-refractivity contribution in [3.8, 4) is 16.3 Å². The molecule has 0 radical (unpaired) electrons. The molecule has 0 unspecified atom stereocenters. The number of thiocarbonyl (C=S) groups is 1. The molecule has 4 aromatic rings. The summed E-state index contributed by atoms with van der Waals surface area (Å²) in [5.41, 5.74) is 2.77. The molecule has 0 saturated carbocycles. The van der Waals surface area contributed by atoms with E-state index in [4.69, 9.17) is 16.6 Å². The number of carbonyl (C=O) groups excluding carboxylic acids is 1. The number of amides is 1. The Hall–Kier alpha value is -3.23. The zero-order chi connectivity index (χ0) is 19.7. The van der Waals surface area contributed by atoms with E-state index in [0.29, 0.717) is 21.8 Å². The van der Waals surface area contributed by atoms with Gasteiger partial charge in [-0.1, -0.05) is 12.1 Å². The number of carbonyl (C=O) groups is 1. The maximum atomic E-state index is 12.0. The summed E-state index contributed by atoms with van der Waals surface area (Å²) in [4.78, 5) is 16.6. The van der Waals surface area contributed by atoms with Gasteiger partial charge in [0.15, 0.2) is 10.9 Å². The van der Waals surface area contributed by atoms with E-state index in [1.165, 1.54) is 17.6 Å². The van der Waals surface area contributed by atoms with Gasteiger partial charge in [-0.25, -0.2) is 4.98 Å². The highest BCUT2D eigenvalue weighted by Gasteiger charge is 2.15. The van der Waals surface area contributed by atoms with Crippen LogP contribution in [0.5, 0.6) is 5.75 Å². The van der Waals surface area contributed by atoms with E-state index in [1.807, 2.05) is 24.3 Å². The summed E-state index contributed by atoms with van der Waals surface area (Å²) in [7, 11) is 0. The van der Waals surface area contributed by atoms with Gasteiger partial charge < -0.3 is 14.8 Å². The molecule has 0 bridgehead atoms. The van der Waals surface area contributed by atoms with Crippen molar-refractivity contribution in [2.45, 2.75) is 6.92 Å². The van der Waals surface area contributed by atoms with Crippen LogP contribution < -0.4 is 10.6 Å². The van der Waals surface area contributed by atoms with Crippen molar-refractivity contribution in [1.82, 2.24) is 10.3 Å². The Morgan fingerprint density at radius 3 is 2.79 bits per heavy atom. The first-order valence-electron chi connectivity index (χ1n) is 8.36. The second-order valence-electron chi connectivity index (χ2n) is 6.06. The number of hydrogen-bond acceptors (Lipinski definition) is 6. The van der Waals surface area contributed by atoms with Gasteiger partial charge in [0, 0.05) is 5.69 Å². The first kappa shape index (κ1) is 18.1. The number of benzene rings is 2. The van der Waals surface area contributed by atoms with Gasteiger partial charge in [-0.15, -0.1) is 11.3 Å². The normalized spacial score (nSPS) is 10.8. The van der Waals surface area contributed by atoms with Gasteiger partial charge in [0.1, 0.15) is 10.8 Å². The molecule has 0 spiro atoms.